The lowest BCUT2D eigenvalue weighted by molar-refractivity contribution is -0.138. The van der Waals surface area contributed by atoms with E-state index < -0.39 is 11.7 Å². The second-order valence-corrected chi connectivity index (χ2v) is 7.80. The standard InChI is InChI=1S/C19H25F3N4O2/c20-19(21,22)14-9-16(11-23-10-14)28-17-12-26(13-17)18(27)25-6-2-5-24(7-8-25)15-3-1-4-15/h9-11,15,17H,1-8,12-13H2. The largest absolute Gasteiger partial charge is 0.485 e. The maximum Gasteiger partial charge on any atom is 0.418 e. The number of hydrogen-bond donors (Lipinski definition) is 0. The van der Waals surface area contributed by atoms with Crippen LogP contribution in [0, 0.1) is 0 Å². The van der Waals surface area contributed by atoms with Crippen molar-refractivity contribution in [1.29, 1.82) is 0 Å². The number of amides is 2. The number of carbonyl (C=O) groups is 1. The molecular formula is C19H25F3N4O2. The Morgan fingerprint density at radius 1 is 1.04 bits per heavy atom. The minimum atomic E-state index is -4.45. The smallest absolute Gasteiger partial charge is 0.418 e. The van der Waals surface area contributed by atoms with Gasteiger partial charge in [0.05, 0.1) is 24.8 Å². The molecule has 3 heterocycles. The van der Waals surface area contributed by atoms with Crippen LogP contribution in [0.3, 0.4) is 0 Å². The first-order valence-electron chi connectivity index (χ1n) is 9.87. The molecular weight excluding hydrogens is 373 g/mol. The SMILES string of the molecule is O=C(N1CCCN(C2CCC2)CC1)N1CC(Oc2cncc(C(F)(F)F)c2)C1. The summed E-state index contributed by atoms with van der Waals surface area (Å²) in [5.41, 5.74) is -0.835. The zero-order valence-electron chi connectivity index (χ0n) is 15.7. The quantitative estimate of drug-likeness (QED) is 0.786. The fourth-order valence-corrected chi connectivity index (χ4v) is 3.95. The van der Waals surface area contributed by atoms with E-state index in [-0.39, 0.29) is 17.9 Å². The van der Waals surface area contributed by atoms with Crippen LogP contribution in [0.4, 0.5) is 18.0 Å². The minimum Gasteiger partial charge on any atom is -0.485 e. The van der Waals surface area contributed by atoms with Crippen LogP contribution in [0.25, 0.3) is 0 Å². The molecule has 28 heavy (non-hydrogen) atoms. The molecule has 6 nitrogen and oxygen atoms in total. The van der Waals surface area contributed by atoms with E-state index in [1.165, 1.54) is 25.5 Å². The number of hydrogen-bond acceptors (Lipinski definition) is 4. The summed E-state index contributed by atoms with van der Waals surface area (Å²) >= 11 is 0. The van der Waals surface area contributed by atoms with Crippen LogP contribution in [0.5, 0.6) is 5.75 Å². The molecule has 0 radical (unpaired) electrons. The Balaban J connectivity index is 1.25. The molecule has 154 valence electrons. The molecule has 0 bridgehead atoms. The lowest BCUT2D eigenvalue weighted by Crippen LogP contribution is -2.60. The van der Waals surface area contributed by atoms with Crippen molar-refractivity contribution >= 4 is 6.03 Å². The van der Waals surface area contributed by atoms with E-state index in [9.17, 15) is 18.0 Å². The van der Waals surface area contributed by atoms with E-state index in [0.29, 0.717) is 19.1 Å². The molecule has 0 aromatic carbocycles. The van der Waals surface area contributed by atoms with Crippen molar-refractivity contribution in [3.05, 3.63) is 24.0 Å². The minimum absolute atomic E-state index is 0.00234. The number of aromatic nitrogens is 1. The van der Waals surface area contributed by atoms with Crippen molar-refractivity contribution in [2.24, 2.45) is 0 Å². The van der Waals surface area contributed by atoms with Gasteiger partial charge in [0.15, 0.2) is 0 Å². The van der Waals surface area contributed by atoms with Crippen LogP contribution < -0.4 is 4.74 Å². The predicted octanol–water partition coefficient (Wildman–Crippen LogP) is 2.84. The van der Waals surface area contributed by atoms with Crippen LogP contribution in [-0.2, 0) is 6.18 Å². The normalized spacial score (nSPS) is 22.4. The topological polar surface area (TPSA) is 48.9 Å². The Hall–Kier alpha value is -2.03. The molecule has 1 aromatic rings. The van der Waals surface area contributed by atoms with Gasteiger partial charge in [-0.3, -0.25) is 9.88 Å². The maximum absolute atomic E-state index is 12.8. The van der Waals surface area contributed by atoms with Crippen molar-refractivity contribution in [2.75, 3.05) is 39.3 Å². The summed E-state index contributed by atoms with van der Waals surface area (Å²) in [4.78, 5) is 22.4. The first kappa shape index (κ1) is 19.3. The second-order valence-electron chi connectivity index (χ2n) is 7.80. The summed E-state index contributed by atoms with van der Waals surface area (Å²) < 4.78 is 43.8. The average Bonchev–Trinajstić information content (AvgIpc) is 2.81. The molecule has 2 saturated heterocycles. The van der Waals surface area contributed by atoms with E-state index in [4.69, 9.17) is 4.74 Å². The van der Waals surface area contributed by atoms with Gasteiger partial charge in [-0.15, -0.1) is 0 Å². The number of pyridine rings is 1. The number of carbonyl (C=O) groups excluding carboxylic acids is 1. The average molecular weight is 398 g/mol. The third-order valence-corrected chi connectivity index (χ3v) is 5.85. The molecule has 1 aliphatic carbocycles. The van der Waals surface area contributed by atoms with Crippen molar-refractivity contribution in [3.63, 3.8) is 0 Å². The number of ether oxygens (including phenoxy) is 1. The molecule has 2 aliphatic heterocycles. The summed E-state index contributed by atoms with van der Waals surface area (Å²) in [5.74, 6) is 0.0813. The lowest BCUT2D eigenvalue weighted by Gasteiger charge is -2.41. The van der Waals surface area contributed by atoms with Crippen molar-refractivity contribution in [2.45, 2.75) is 44.0 Å². The number of halogens is 3. The predicted molar refractivity (Wildman–Crippen MR) is 96.0 cm³/mol. The first-order valence-corrected chi connectivity index (χ1v) is 9.87. The zero-order valence-corrected chi connectivity index (χ0v) is 15.7. The molecule has 0 unspecified atom stereocenters. The maximum atomic E-state index is 12.8. The molecule has 3 fully saturated rings. The van der Waals surface area contributed by atoms with Gasteiger partial charge in [-0.2, -0.15) is 13.2 Å². The van der Waals surface area contributed by atoms with Gasteiger partial charge in [-0.25, -0.2) is 4.79 Å². The van der Waals surface area contributed by atoms with E-state index in [1.54, 1.807) is 4.90 Å². The summed E-state index contributed by atoms with van der Waals surface area (Å²) in [5, 5.41) is 0. The summed E-state index contributed by atoms with van der Waals surface area (Å²) in [7, 11) is 0. The fraction of sp³-hybridized carbons (Fsp3) is 0.684. The fourth-order valence-electron chi connectivity index (χ4n) is 3.95. The van der Waals surface area contributed by atoms with Gasteiger partial charge < -0.3 is 14.5 Å². The second kappa shape index (κ2) is 7.77. The monoisotopic (exact) mass is 398 g/mol. The molecule has 0 N–H and O–H groups in total. The Kier molecular flexibility index (Phi) is 5.35. The van der Waals surface area contributed by atoms with Crippen LogP contribution in [-0.4, -0.2) is 77.1 Å². The number of rotatable bonds is 3. The number of likely N-dealkylation sites (tertiary alicyclic amines) is 1. The van der Waals surface area contributed by atoms with Crippen molar-refractivity contribution in [1.82, 2.24) is 19.7 Å². The molecule has 2 amide bonds. The molecule has 9 heteroatoms. The van der Waals surface area contributed by atoms with Crippen LogP contribution >= 0.6 is 0 Å². The summed E-state index contributed by atoms with van der Waals surface area (Å²) in [6.07, 6.45) is 2.11. The number of nitrogens with zero attached hydrogens (tertiary/aromatic N) is 4. The van der Waals surface area contributed by atoms with Gasteiger partial charge in [0.25, 0.3) is 0 Å². The Bertz CT molecular complexity index is 705. The third kappa shape index (κ3) is 4.19. The van der Waals surface area contributed by atoms with Crippen molar-refractivity contribution < 1.29 is 22.7 Å². The van der Waals surface area contributed by atoms with Gasteiger partial charge in [0.2, 0.25) is 0 Å². The van der Waals surface area contributed by atoms with Gasteiger partial charge in [0.1, 0.15) is 11.9 Å². The molecule has 1 aromatic heterocycles. The molecule has 0 atom stereocenters. The van der Waals surface area contributed by atoms with Crippen LogP contribution in [0.1, 0.15) is 31.2 Å². The molecule has 3 aliphatic rings. The van der Waals surface area contributed by atoms with Crippen LogP contribution in [0.2, 0.25) is 0 Å². The van der Waals surface area contributed by atoms with E-state index >= 15 is 0 Å². The third-order valence-electron chi connectivity index (χ3n) is 5.85. The highest BCUT2D eigenvalue weighted by molar-refractivity contribution is 5.75. The van der Waals surface area contributed by atoms with E-state index in [2.05, 4.69) is 9.88 Å². The molecule has 1 saturated carbocycles. The molecule has 4 rings (SSSR count). The Morgan fingerprint density at radius 2 is 1.82 bits per heavy atom. The number of urea groups is 1. The summed E-state index contributed by atoms with van der Waals surface area (Å²) in [6.45, 7) is 4.22. The van der Waals surface area contributed by atoms with Crippen molar-refractivity contribution in [3.8, 4) is 5.75 Å². The Labute approximate surface area is 162 Å². The Morgan fingerprint density at radius 3 is 2.50 bits per heavy atom. The highest BCUT2D eigenvalue weighted by Crippen LogP contribution is 2.31. The van der Waals surface area contributed by atoms with E-state index in [0.717, 1.165) is 44.9 Å². The first-order chi connectivity index (χ1) is 13.4. The zero-order chi connectivity index (χ0) is 19.7. The van der Waals surface area contributed by atoms with E-state index in [1.807, 2.05) is 4.90 Å². The highest BCUT2D eigenvalue weighted by Gasteiger charge is 2.37. The highest BCUT2D eigenvalue weighted by atomic mass is 19.4. The van der Waals surface area contributed by atoms with Crippen LogP contribution in [0.15, 0.2) is 18.5 Å². The van der Waals surface area contributed by atoms with Gasteiger partial charge >= 0.3 is 12.2 Å². The number of alkyl halides is 3. The van der Waals surface area contributed by atoms with Gasteiger partial charge in [-0.1, -0.05) is 6.42 Å². The summed E-state index contributed by atoms with van der Waals surface area (Å²) in [6, 6.07) is 1.64. The molecule has 0 spiro atoms. The lowest BCUT2D eigenvalue weighted by atomic mass is 9.91. The van der Waals surface area contributed by atoms with Gasteiger partial charge in [-0.05, 0) is 25.3 Å². The van der Waals surface area contributed by atoms with Gasteiger partial charge in [0, 0.05) is 38.4 Å².